The molecule has 0 bridgehead atoms. The first-order valence-electron chi connectivity index (χ1n) is 10.2. The maximum absolute atomic E-state index is 12.2. The number of carbonyl (C=O) groups excluding carboxylic acids is 3. The molecular weight excluding hydrogens is 408 g/mol. The van der Waals surface area contributed by atoms with Gasteiger partial charge in [0.25, 0.3) is 5.91 Å². The topological polar surface area (TPSA) is 102 Å². The maximum Gasteiger partial charge on any atom is 0.338 e. The Hall–Kier alpha value is -3.94. The third-order valence-electron chi connectivity index (χ3n) is 5.02. The first-order chi connectivity index (χ1) is 15.2. The second-order valence-corrected chi connectivity index (χ2v) is 7.53. The number of nitrogens with one attached hydrogen (secondary N) is 2. The number of ether oxygens (including phenoxy) is 1. The van der Waals surface area contributed by atoms with Gasteiger partial charge in [-0.05, 0) is 75.2 Å². The molecule has 0 atom stereocenters. The van der Waals surface area contributed by atoms with Gasteiger partial charge in [0.15, 0.2) is 6.61 Å². The molecule has 1 aromatic heterocycles. The molecule has 3 rings (SSSR count). The first-order valence-corrected chi connectivity index (χ1v) is 10.2. The highest BCUT2D eigenvalue weighted by atomic mass is 16.5. The lowest BCUT2D eigenvalue weighted by Gasteiger charge is -2.11. The van der Waals surface area contributed by atoms with Crippen molar-refractivity contribution in [1.29, 1.82) is 0 Å². The minimum Gasteiger partial charge on any atom is -0.452 e. The van der Waals surface area contributed by atoms with Gasteiger partial charge in [0.05, 0.1) is 23.5 Å². The number of nitrogens with zero attached hydrogens (tertiary/aromatic N) is 2. The van der Waals surface area contributed by atoms with Gasteiger partial charge < -0.3 is 15.4 Å². The quantitative estimate of drug-likeness (QED) is 0.557. The van der Waals surface area contributed by atoms with Gasteiger partial charge in [-0.15, -0.1) is 0 Å². The van der Waals surface area contributed by atoms with Crippen molar-refractivity contribution >= 4 is 23.5 Å². The molecule has 32 heavy (non-hydrogen) atoms. The van der Waals surface area contributed by atoms with Crippen LogP contribution in [0.5, 0.6) is 0 Å². The van der Waals surface area contributed by atoms with Crippen molar-refractivity contribution in [3.8, 4) is 5.69 Å². The zero-order valence-electron chi connectivity index (χ0n) is 18.6. The SMILES string of the molecule is Cc1cc(C)n(-c2ccc(C(=O)OCC(=O)NCC(=O)Nc3cccc(C)c3C)cc2)n1. The summed E-state index contributed by atoms with van der Waals surface area (Å²) in [6.07, 6.45) is 0. The van der Waals surface area contributed by atoms with Crippen molar-refractivity contribution in [2.24, 2.45) is 0 Å². The molecule has 8 heteroatoms. The molecule has 0 spiro atoms. The van der Waals surface area contributed by atoms with E-state index >= 15 is 0 Å². The summed E-state index contributed by atoms with van der Waals surface area (Å²) in [6, 6.07) is 14.3. The Bertz CT molecular complexity index is 1150. The van der Waals surface area contributed by atoms with Gasteiger partial charge in [-0.3, -0.25) is 9.59 Å². The minimum absolute atomic E-state index is 0.221. The predicted molar refractivity (Wildman–Crippen MR) is 121 cm³/mol. The molecule has 8 nitrogen and oxygen atoms in total. The van der Waals surface area contributed by atoms with Crippen LogP contribution in [-0.2, 0) is 14.3 Å². The van der Waals surface area contributed by atoms with Crippen LogP contribution in [0.3, 0.4) is 0 Å². The van der Waals surface area contributed by atoms with Gasteiger partial charge in [-0.25, -0.2) is 9.48 Å². The second kappa shape index (κ2) is 9.91. The van der Waals surface area contributed by atoms with E-state index in [0.29, 0.717) is 11.3 Å². The molecular formula is C24H26N4O4. The zero-order valence-corrected chi connectivity index (χ0v) is 18.6. The smallest absolute Gasteiger partial charge is 0.338 e. The Morgan fingerprint density at radius 2 is 1.69 bits per heavy atom. The van der Waals surface area contributed by atoms with Gasteiger partial charge in [0.1, 0.15) is 0 Å². The number of hydrogen-bond donors (Lipinski definition) is 2. The van der Waals surface area contributed by atoms with Gasteiger partial charge in [-0.1, -0.05) is 12.1 Å². The molecule has 0 aliphatic heterocycles. The van der Waals surface area contributed by atoms with Crippen LogP contribution in [0.15, 0.2) is 48.5 Å². The summed E-state index contributed by atoms with van der Waals surface area (Å²) >= 11 is 0. The summed E-state index contributed by atoms with van der Waals surface area (Å²) in [7, 11) is 0. The lowest BCUT2D eigenvalue weighted by Crippen LogP contribution is -2.35. The Morgan fingerprint density at radius 3 is 2.34 bits per heavy atom. The van der Waals surface area contributed by atoms with Crippen molar-refractivity contribution in [1.82, 2.24) is 15.1 Å². The van der Waals surface area contributed by atoms with E-state index in [1.807, 2.05) is 45.9 Å². The maximum atomic E-state index is 12.2. The third-order valence-corrected chi connectivity index (χ3v) is 5.02. The Kier molecular flexibility index (Phi) is 7.04. The number of aryl methyl sites for hydroxylation is 3. The number of anilines is 1. The summed E-state index contributed by atoms with van der Waals surface area (Å²) in [5, 5.41) is 9.60. The van der Waals surface area contributed by atoms with Crippen LogP contribution in [0, 0.1) is 27.7 Å². The number of esters is 1. The number of amides is 2. The molecule has 2 aromatic carbocycles. The molecule has 0 fully saturated rings. The van der Waals surface area contributed by atoms with Crippen molar-refractivity contribution in [3.05, 3.63) is 76.6 Å². The van der Waals surface area contributed by atoms with E-state index in [-0.39, 0.29) is 12.5 Å². The summed E-state index contributed by atoms with van der Waals surface area (Å²) < 4.78 is 6.82. The zero-order chi connectivity index (χ0) is 23.3. The van der Waals surface area contributed by atoms with E-state index in [2.05, 4.69) is 15.7 Å². The molecule has 166 valence electrons. The first kappa shape index (κ1) is 22.7. The molecule has 0 radical (unpaired) electrons. The van der Waals surface area contributed by atoms with Gasteiger partial charge >= 0.3 is 5.97 Å². The van der Waals surface area contributed by atoms with E-state index in [4.69, 9.17) is 4.74 Å². The Morgan fingerprint density at radius 1 is 0.969 bits per heavy atom. The molecule has 3 aromatic rings. The molecule has 0 unspecified atom stereocenters. The molecule has 2 N–H and O–H groups in total. The molecule has 0 aliphatic rings. The average molecular weight is 434 g/mol. The van der Waals surface area contributed by atoms with E-state index in [1.165, 1.54) is 0 Å². The van der Waals surface area contributed by atoms with Gasteiger partial charge in [0, 0.05) is 11.4 Å². The molecule has 1 heterocycles. The minimum atomic E-state index is -0.625. The fraction of sp³-hybridized carbons (Fsp3) is 0.250. The summed E-state index contributed by atoms with van der Waals surface area (Å²) in [5.41, 5.74) is 5.73. The fourth-order valence-electron chi connectivity index (χ4n) is 3.15. The Labute approximate surface area is 186 Å². The standard InChI is InChI=1S/C24H26N4O4/c1-15-6-5-7-21(18(15)4)26-22(29)13-25-23(30)14-32-24(31)19-8-10-20(11-9-19)28-17(3)12-16(2)27-28/h5-12H,13-14H2,1-4H3,(H,25,30)(H,26,29). The number of carbonyl (C=O) groups is 3. The molecule has 0 saturated heterocycles. The van der Waals surface area contributed by atoms with E-state index < -0.39 is 18.5 Å². The van der Waals surface area contributed by atoms with E-state index in [9.17, 15) is 14.4 Å². The van der Waals surface area contributed by atoms with Crippen molar-refractivity contribution in [2.75, 3.05) is 18.5 Å². The number of aromatic nitrogens is 2. The Balaban J connectivity index is 1.46. The molecule has 0 saturated carbocycles. The monoisotopic (exact) mass is 434 g/mol. The second-order valence-electron chi connectivity index (χ2n) is 7.53. The average Bonchev–Trinajstić information content (AvgIpc) is 3.11. The summed E-state index contributed by atoms with van der Waals surface area (Å²) in [5.74, 6) is -1.55. The predicted octanol–water partition coefficient (Wildman–Crippen LogP) is 3.02. The highest BCUT2D eigenvalue weighted by molar-refractivity contribution is 5.96. The van der Waals surface area contributed by atoms with Crippen LogP contribution in [0.25, 0.3) is 5.69 Å². The number of hydrogen-bond acceptors (Lipinski definition) is 5. The summed E-state index contributed by atoms with van der Waals surface area (Å²) in [4.78, 5) is 36.2. The third kappa shape index (κ3) is 5.60. The number of rotatable bonds is 7. The van der Waals surface area contributed by atoms with Crippen LogP contribution >= 0.6 is 0 Å². The van der Waals surface area contributed by atoms with Crippen molar-refractivity contribution in [3.63, 3.8) is 0 Å². The van der Waals surface area contributed by atoms with E-state index in [1.54, 1.807) is 35.0 Å². The van der Waals surface area contributed by atoms with Gasteiger partial charge in [-0.2, -0.15) is 5.10 Å². The number of benzene rings is 2. The highest BCUT2D eigenvalue weighted by Crippen LogP contribution is 2.17. The lowest BCUT2D eigenvalue weighted by atomic mass is 10.1. The van der Waals surface area contributed by atoms with Gasteiger partial charge in [0.2, 0.25) is 5.91 Å². The van der Waals surface area contributed by atoms with E-state index in [0.717, 1.165) is 28.2 Å². The van der Waals surface area contributed by atoms with Crippen LogP contribution in [0.4, 0.5) is 5.69 Å². The fourth-order valence-corrected chi connectivity index (χ4v) is 3.15. The highest BCUT2D eigenvalue weighted by Gasteiger charge is 2.13. The molecule has 0 aliphatic carbocycles. The van der Waals surface area contributed by atoms with Crippen LogP contribution in [0.2, 0.25) is 0 Å². The van der Waals surface area contributed by atoms with Crippen molar-refractivity contribution in [2.45, 2.75) is 27.7 Å². The largest absolute Gasteiger partial charge is 0.452 e. The van der Waals surface area contributed by atoms with Crippen LogP contribution < -0.4 is 10.6 Å². The summed E-state index contributed by atoms with van der Waals surface area (Å²) in [6.45, 7) is 7.02. The van der Waals surface area contributed by atoms with Crippen LogP contribution in [0.1, 0.15) is 32.9 Å². The lowest BCUT2D eigenvalue weighted by molar-refractivity contribution is -0.126. The molecule has 2 amide bonds. The van der Waals surface area contributed by atoms with Crippen molar-refractivity contribution < 1.29 is 19.1 Å². The van der Waals surface area contributed by atoms with Crippen LogP contribution in [-0.4, -0.2) is 40.7 Å². The normalized spacial score (nSPS) is 10.5.